The Balaban J connectivity index is 0.000000509. The Hall–Kier alpha value is -3.80. The molecule has 1 aliphatic heterocycles. The number of nitrogens with zero attached hydrogens (tertiary/aromatic N) is 5. The van der Waals surface area contributed by atoms with E-state index in [2.05, 4.69) is 22.1 Å². The van der Waals surface area contributed by atoms with Gasteiger partial charge in [0, 0.05) is 33.2 Å². The maximum atomic E-state index is 12.9. The van der Waals surface area contributed by atoms with Crippen LogP contribution >= 0.6 is 0 Å². The van der Waals surface area contributed by atoms with Gasteiger partial charge in [-0.15, -0.1) is 5.92 Å². The van der Waals surface area contributed by atoms with E-state index in [4.69, 9.17) is 15.6 Å². The number of carboxylic acid groups (broad SMARTS) is 1. The lowest BCUT2D eigenvalue weighted by Gasteiger charge is -2.28. The molecule has 15 heteroatoms. The Morgan fingerprint density at radius 1 is 1.26 bits per heavy atom. The minimum absolute atomic E-state index is 0.154. The Bertz CT molecular complexity index is 1260. The van der Waals surface area contributed by atoms with Crippen molar-refractivity contribution in [1.82, 2.24) is 24.0 Å². The van der Waals surface area contributed by atoms with E-state index in [0.717, 1.165) is 17.7 Å². The molecule has 0 spiro atoms. The maximum Gasteiger partial charge on any atom is 0.490 e. The van der Waals surface area contributed by atoms with E-state index < -0.39 is 35.3 Å². The van der Waals surface area contributed by atoms with Crippen LogP contribution in [0.5, 0.6) is 0 Å². The monoisotopic (exact) mass is 487 g/mol. The van der Waals surface area contributed by atoms with Crippen molar-refractivity contribution in [2.45, 2.75) is 32.6 Å². The van der Waals surface area contributed by atoms with Crippen LogP contribution in [0.4, 0.5) is 19.1 Å². The van der Waals surface area contributed by atoms with Gasteiger partial charge < -0.3 is 21.1 Å². The van der Waals surface area contributed by atoms with Gasteiger partial charge in [-0.1, -0.05) is 5.92 Å². The van der Waals surface area contributed by atoms with Crippen LogP contribution in [0, 0.1) is 11.8 Å². The molecule has 0 aliphatic carbocycles. The second kappa shape index (κ2) is 10.4. The van der Waals surface area contributed by atoms with Gasteiger partial charge in [0.2, 0.25) is 11.9 Å². The zero-order valence-electron chi connectivity index (χ0n) is 18.6. The van der Waals surface area contributed by atoms with Crippen molar-refractivity contribution in [3.8, 4) is 11.8 Å². The Morgan fingerprint density at radius 2 is 1.82 bits per heavy atom. The number of amides is 1. The molecule has 1 unspecified atom stereocenters. The molecule has 0 aromatic carbocycles. The number of aromatic nitrogens is 4. The van der Waals surface area contributed by atoms with Crippen LogP contribution in [0.2, 0.25) is 0 Å². The molecule has 12 nitrogen and oxygen atoms in total. The minimum Gasteiger partial charge on any atom is -0.475 e. The third-order valence-electron chi connectivity index (χ3n) is 5.01. The number of primary amides is 1. The predicted molar refractivity (Wildman–Crippen MR) is 115 cm³/mol. The summed E-state index contributed by atoms with van der Waals surface area (Å²) in [6.07, 6.45) is -5.08. The number of rotatable bonds is 4. The molecule has 3 rings (SSSR count). The summed E-state index contributed by atoms with van der Waals surface area (Å²) in [4.78, 5) is 52.8. The van der Waals surface area contributed by atoms with Gasteiger partial charge in [0.15, 0.2) is 11.2 Å². The summed E-state index contributed by atoms with van der Waals surface area (Å²) in [6, 6.07) is -0.941. The van der Waals surface area contributed by atoms with E-state index in [1.165, 1.54) is 18.5 Å². The van der Waals surface area contributed by atoms with Crippen LogP contribution in [-0.4, -0.2) is 68.0 Å². The van der Waals surface area contributed by atoms with Gasteiger partial charge in [0.25, 0.3) is 5.56 Å². The molecule has 1 aliphatic rings. The average Bonchev–Trinajstić information content (AvgIpc) is 3.15. The number of nitrogens with two attached hydrogens (primary N) is 1. The summed E-state index contributed by atoms with van der Waals surface area (Å²) in [5.74, 6) is 2.90. The average molecular weight is 487 g/mol. The molecule has 4 N–H and O–H groups in total. The first-order chi connectivity index (χ1) is 15.8. The first kappa shape index (κ1) is 26.5. The zero-order valence-corrected chi connectivity index (χ0v) is 18.6. The first-order valence-corrected chi connectivity index (χ1v) is 9.99. The number of carboxylic acids is 1. The number of anilines is 1. The Kier molecular flexibility index (Phi) is 8.11. The quantitative estimate of drug-likeness (QED) is 0.464. The van der Waals surface area contributed by atoms with E-state index in [1.54, 1.807) is 11.5 Å². The molecule has 2 aromatic rings. The van der Waals surface area contributed by atoms with E-state index in [9.17, 15) is 27.6 Å². The lowest BCUT2D eigenvalue weighted by atomic mass is 10.3. The van der Waals surface area contributed by atoms with Crippen LogP contribution in [0.15, 0.2) is 9.59 Å². The van der Waals surface area contributed by atoms with Gasteiger partial charge in [-0.25, -0.2) is 9.59 Å². The summed E-state index contributed by atoms with van der Waals surface area (Å²) in [5, 5.41) is 10.4. The minimum atomic E-state index is -5.08. The van der Waals surface area contributed by atoms with Crippen LogP contribution < -0.4 is 27.2 Å². The Labute approximate surface area is 190 Å². The maximum absolute atomic E-state index is 12.9. The van der Waals surface area contributed by atoms with Gasteiger partial charge in [0.05, 0.1) is 6.54 Å². The van der Waals surface area contributed by atoms with Gasteiger partial charge in [-0.2, -0.15) is 18.2 Å². The number of aliphatic carboxylic acids is 1. The third kappa shape index (κ3) is 5.39. The van der Waals surface area contributed by atoms with Gasteiger partial charge >= 0.3 is 17.8 Å². The summed E-state index contributed by atoms with van der Waals surface area (Å²) in [7, 11) is 1.38. The summed E-state index contributed by atoms with van der Waals surface area (Å²) >= 11 is 0. The van der Waals surface area contributed by atoms with Crippen LogP contribution in [0.1, 0.15) is 19.9 Å². The largest absolute Gasteiger partial charge is 0.490 e. The molecular formula is C19H24F3N7O5. The number of nitrogens with one attached hydrogen (secondary N) is 1. The third-order valence-corrected chi connectivity index (χ3v) is 5.01. The molecule has 1 fully saturated rings. The molecule has 1 amide bonds. The van der Waals surface area contributed by atoms with Crippen molar-refractivity contribution in [1.29, 1.82) is 0 Å². The SMILES string of the molecule is CC#CCn1c(N2CCNCC2)nc2c1c(=O)n(C)c(=O)n2C(C)C(N)=O.O=C(O)C(F)(F)F. The molecule has 0 bridgehead atoms. The topological polar surface area (TPSA) is 157 Å². The van der Waals surface area contributed by atoms with Crippen LogP contribution in [0.3, 0.4) is 0 Å². The van der Waals surface area contributed by atoms with Crippen molar-refractivity contribution in [2.75, 3.05) is 31.1 Å². The fourth-order valence-corrected chi connectivity index (χ4v) is 3.20. The number of alkyl halides is 3. The number of imidazole rings is 1. The Morgan fingerprint density at radius 3 is 2.29 bits per heavy atom. The second-order valence-corrected chi connectivity index (χ2v) is 7.23. The highest BCUT2D eigenvalue weighted by molar-refractivity contribution is 5.81. The fraction of sp³-hybridized carbons (Fsp3) is 0.526. The van der Waals surface area contributed by atoms with Gasteiger partial charge in [-0.05, 0) is 13.8 Å². The van der Waals surface area contributed by atoms with E-state index >= 15 is 0 Å². The highest BCUT2D eigenvalue weighted by atomic mass is 19.4. The number of fused-ring (bicyclic) bond motifs is 1. The predicted octanol–water partition coefficient (Wildman–Crippen LogP) is -0.991. The molecule has 1 atom stereocenters. The van der Waals surface area contributed by atoms with E-state index in [-0.39, 0.29) is 17.7 Å². The van der Waals surface area contributed by atoms with Gasteiger partial charge in [0.1, 0.15) is 6.04 Å². The molecule has 186 valence electrons. The molecule has 0 radical (unpaired) electrons. The zero-order chi connectivity index (χ0) is 25.8. The highest BCUT2D eigenvalue weighted by Crippen LogP contribution is 2.22. The molecule has 1 saturated heterocycles. The van der Waals surface area contributed by atoms with Crippen molar-refractivity contribution in [3.63, 3.8) is 0 Å². The second-order valence-electron chi connectivity index (χ2n) is 7.23. The number of piperazine rings is 1. The molecule has 34 heavy (non-hydrogen) atoms. The molecule has 3 heterocycles. The van der Waals surface area contributed by atoms with Gasteiger partial charge in [-0.3, -0.25) is 23.3 Å². The first-order valence-electron chi connectivity index (χ1n) is 9.99. The van der Waals surface area contributed by atoms with Crippen LogP contribution in [0.25, 0.3) is 11.2 Å². The number of hydrogen-bond acceptors (Lipinski definition) is 7. The lowest BCUT2D eigenvalue weighted by molar-refractivity contribution is -0.192. The number of carbonyl (C=O) groups excluding carboxylic acids is 1. The molecule has 2 aromatic heterocycles. The highest BCUT2D eigenvalue weighted by Gasteiger charge is 2.38. The standard InChI is InChI=1S/C17H23N7O3.C2HF3O2/c1-4-5-8-23-12-14(20-16(23)22-9-6-19-7-10-22)24(11(2)13(18)25)17(27)21(3)15(12)26;3-2(4,5)1(6)7/h11,19H,6-10H2,1-3H3,(H2,18,25);(H,6,7). The van der Waals surface area contributed by atoms with E-state index in [0.29, 0.717) is 19.0 Å². The number of halogens is 3. The smallest absolute Gasteiger partial charge is 0.475 e. The number of hydrogen-bond donors (Lipinski definition) is 3. The van der Waals surface area contributed by atoms with Crippen molar-refractivity contribution >= 4 is 29.0 Å². The van der Waals surface area contributed by atoms with E-state index in [1.807, 2.05) is 4.90 Å². The molecular weight excluding hydrogens is 463 g/mol. The van der Waals surface area contributed by atoms with Crippen molar-refractivity contribution in [3.05, 3.63) is 20.8 Å². The summed E-state index contributed by atoms with van der Waals surface area (Å²) in [6.45, 7) is 6.47. The fourth-order valence-electron chi connectivity index (χ4n) is 3.20. The lowest BCUT2D eigenvalue weighted by Crippen LogP contribution is -2.44. The van der Waals surface area contributed by atoms with Crippen molar-refractivity contribution < 1.29 is 27.9 Å². The van der Waals surface area contributed by atoms with Crippen molar-refractivity contribution in [2.24, 2.45) is 12.8 Å². The summed E-state index contributed by atoms with van der Waals surface area (Å²) < 4.78 is 35.6. The molecule has 0 saturated carbocycles. The summed E-state index contributed by atoms with van der Waals surface area (Å²) in [5.41, 5.74) is 4.71. The normalized spacial score (nSPS) is 14.6. The number of carbonyl (C=O) groups is 2. The van der Waals surface area contributed by atoms with Crippen LogP contribution in [-0.2, 0) is 23.2 Å².